The number of hydrogen-bond acceptors (Lipinski definition) is 4. The van der Waals surface area contributed by atoms with E-state index in [1.54, 1.807) is 13.2 Å². The summed E-state index contributed by atoms with van der Waals surface area (Å²) >= 11 is 0. The van der Waals surface area contributed by atoms with Crippen molar-refractivity contribution in [2.24, 2.45) is 11.7 Å². The van der Waals surface area contributed by atoms with Crippen LogP contribution in [0.3, 0.4) is 0 Å². The molecule has 5 nitrogen and oxygen atoms in total. The molecule has 0 spiro atoms. The fourth-order valence-electron chi connectivity index (χ4n) is 2.91. The van der Waals surface area contributed by atoms with E-state index in [4.69, 9.17) is 15.2 Å². The monoisotopic (exact) mass is 360 g/mol. The lowest BCUT2D eigenvalue weighted by atomic mass is 10.0. The maximum Gasteiger partial charge on any atom is 0.251 e. The summed E-state index contributed by atoms with van der Waals surface area (Å²) in [5, 5.41) is 3.02. The fraction of sp³-hybridized carbons (Fsp3) is 0.588. The molecule has 0 heterocycles. The Morgan fingerprint density at radius 2 is 2.17 bits per heavy atom. The first-order chi connectivity index (χ1) is 11.2. The zero-order valence-corrected chi connectivity index (χ0v) is 14.7. The van der Waals surface area contributed by atoms with Gasteiger partial charge in [0.1, 0.15) is 5.82 Å². The Bertz CT molecular complexity index is 531. The molecule has 2 rings (SSSR count). The van der Waals surface area contributed by atoms with E-state index in [0.717, 1.165) is 19.3 Å². The number of carbonyl (C=O) groups is 1. The van der Waals surface area contributed by atoms with Gasteiger partial charge in [0, 0.05) is 24.3 Å². The lowest BCUT2D eigenvalue weighted by Crippen LogP contribution is -2.39. The number of benzene rings is 1. The minimum Gasteiger partial charge on any atom is -0.382 e. The SMILES string of the molecule is COCCOCc1cc(C(=O)NC2CCCC2CN)ccc1F.Cl. The van der Waals surface area contributed by atoms with Crippen molar-refractivity contribution >= 4 is 18.3 Å². The van der Waals surface area contributed by atoms with E-state index < -0.39 is 0 Å². The van der Waals surface area contributed by atoms with E-state index in [0.29, 0.717) is 36.8 Å². The molecule has 0 aromatic heterocycles. The number of nitrogens with two attached hydrogens (primary N) is 1. The summed E-state index contributed by atoms with van der Waals surface area (Å²) in [6.45, 7) is 1.52. The highest BCUT2D eigenvalue weighted by Gasteiger charge is 2.27. The van der Waals surface area contributed by atoms with Crippen molar-refractivity contribution in [3.63, 3.8) is 0 Å². The zero-order valence-electron chi connectivity index (χ0n) is 13.9. The molecule has 0 saturated heterocycles. The number of ether oxygens (including phenoxy) is 2. The molecule has 0 radical (unpaired) electrons. The normalized spacial score (nSPS) is 19.8. The van der Waals surface area contributed by atoms with Gasteiger partial charge in [-0.3, -0.25) is 4.79 Å². The van der Waals surface area contributed by atoms with Crippen molar-refractivity contribution in [1.29, 1.82) is 0 Å². The van der Waals surface area contributed by atoms with Gasteiger partial charge in [-0.1, -0.05) is 6.42 Å². The maximum absolute atomic E-state index is 13.8. The van der Waals surface area contributed by atoms with Crippen LogP contribution in [0.25, 0.3) is 0 Å². The topological polar surface area (TPSA) is 73.6 Å². The second kappa shape index (κ2) is 10.6. The average molecular weight is 361 g/mol. The highest BCUT2D eigenvalue weighted by Crippen LogP contribution is 2.25. The molecule has 3 N–H and O–H groups in total. The van der Waals surface area contributed by atoms with Gasteiger partial charge < -0.3 is 20.5 Å². The first kappa shape index (κ1) is 20.8. The van der Waals surface area contributed by atoms with Crippen LogP contribution in [-0.2, 0) is 16.1 Å². The molecular formula is C17H26ClFN2O3. The Labute approximate surface area is 148 Å². The highest BCUT2D eigenvalue weighted by atomic mass is 35.5. The first-order valence-electron chi connectivity index (χ1n) is 8.01. The van der Waals surface area contributed by atoms with Crippen LogP contribution in [0, 0.1) is 11.7 Å². The number of methoxy groups -OCH3 is 1. The fourth-order valence-corrected chi connectivity index (χ4v) is 2.91. The zero-order chi connectivity index (χ0) is 16.7. The van der Waals surface area contributed by atoms with Crippen molar-refractivity contribution in [3.05, 3.63) is 35.1 Å². The van der Waals surface area contributed by atoms with Gasteiger partial charge in [0.2, 0.25) is 0 Å². The van der Waals surface area contributed by atoms with Crippen LogP contribution < -0.4 is 11.1 Å². The largest absolute Gasteiger partial charge is 0.382 e. The third-order valence-corrected chi connectivity index (χ3v) is 4.28. The van der Waals surface area contributed by atoms with Crippen LogP contribution in [0.2, 0.25) is 0 Å². The molecule has 1 fully saturated rings. The van der Waals surface area contributed by atoms with Crippen molar-refractivity contribution in [2.75, 3.05) is 26.9 Å². The lowest BCUT2D eigenvalue weighted by molar-refractivity contribution is 0.0603. The Kier molecular flexibility index (Phi) is 9.21. The van der Waals surface area contributed by atoms with Crippen LogP contribution in [-0.4, -0.2) is 38.8 Å². The second-order valence-electron chi connectivity index (χ2n) is 5.86. The summed E-state index contributed by atoms with van der Waals surface area (Å²) in [5.74, 6) is -0.232. The number of rotatable bonds is 8. The molecule has 1 aromatic carbocycles. The molecule has 1 aliphatic rings. The first-order valence-corrected chi connectivity index (χ1v) is 8.01. The maximum atomic E-state index is 13.8. The molecule has 136 valence electrons. The number of amides is 1. The third-order valence-electron chi connectivity index (χ3n) is 4.28. The average Bonchev–Trinajstić information content (AvgIpc) is 3.00. The van der Waals surface area contributed by atoms with Gasteiger partial charge >= 0.3 is 0 Å². The molecule has 1 aromatic rings. The minimum atomic E-state index is -0.375. The Hall–Kier alpha value is -1.21. The smallest absolute Gasteiger partial charge is 0.251 e. The van der Waals surface area contributed by atoms with Crippen molar-refractivity contribution < 1.29 is 18.7 Å². The number of hydrogen-bond donors (Lipinski definition) is 2. The summed E-state index contributed by atoms with van der Waals surface area (Å²) in [6, 6.07) is 4.46. The summed E-state index contributed by atoms with van der Waals surface area (Å²) < 4.78 is 24.0. The van der Waals surface area contributed by atoms with Gasteiger partial charge in [0.25, 0.3) is 5.91 Å². The van der Waals surface area contributed by atoms with Gasteiger partial charge in [-0.2, -0.15) is 0 Å². The summed E-state index contributed by atoms with van der Waals surface area (Å²) in [4.78, 5) is 12.4. The second-order valence-corrected chi connectivity index (χ2v) is 5.86. The van der Waals surface area contributed by atoms with Crippen molar-refractivity contribution in [1.82, 2.24) is 5.32 Å². The van der Waals surface area contributed by atoms with Crippen molar-refractivity contribution in [2.45, 2.75) is 31.9 Å². The quantitative estimate of drug-likeness (QED) is 0.697. The predicted octanol–water partition coefficient (Wildman–Crippen LogP) is 2.27. The van der Waals surface area contributed by atoms with Crippen LogP contribution >= 0.6 is 12.4 Å². The summed E-state index contributed by atoms with van der Waals surface area (Å²) in [5.41, 5.74) is 6.55. The highest BCUT2D eigenvalue weighted by molar-refractivity contribution is 5.94. The molecule has 24 heavy (non-hydrogen) atoms. The number of nitrogens with one attached hydrogen (secondary N) is 1. The third kappa shape index (κ3) is 5.70. The van der Waals surface area contributed by atoms with Gasteiger partial charge in [-0.05, 0) is 43.5 Å². The van der Waals surface area contributed by atoms with Crippen LogP contribution in [0.4, 0.5) is 4.39 Å². The van der Waals surface area contributed by atoms with E-state index >= 15 is 0 Å². The molecule has 1 aliphatic carbocycles. The molecule has 1 amide bonds. The van der Waals surface area contributed by atoms with Gasteiger partial charge in [0.15, 0.2) is 0 Å². The standard InChI is InChI=1S/C17H25FN2O3.ClH/c1-22-7-8-23-11-14-9-12(5-6-15(14)18)17(21)20-16-4-2-3-13(16)10-19;/h5-6,9,13,16H,2-4,7-8,10-11,19H2,1H3,(H,20,21);1H. The molecule has 7 heteroatoms. The Balaban J connectivity index is 0.00000288. The number of carbonyl (C=O) groups excluding carboxylic acids is 1. The minimum absolute atomic E-state index is 0. The summed E-state index contributed by atoms with van der Waals surface area (Å²) in [6.07, 6.45) is 3.07. The lowest BCUT2D eigenvalue weighted by Gasteiger charge is -2.19. The molecule has 0 bridgehead atoms. The Morgan fingerprint density at radius 3 is 2.88 bits per heavy atom. The molecule has 2 atom stereocenters. The van der Waals surface area contributed by atoms with Crippen LogP contribution in [0.5, 0.6) is 0 Å². The van der Waals surface area contributed by atoms with Crippen LogP contribution in [0.1, 0.15) is 35.2 Å². The van der Waals surface area contributed by atoms with E-state index in [-0.39, 0.29) is 36.8 Å². The molecular weight excluding hydrogens is 335 g/mol. The molecule has 0 aliphatic heterocycles. The van der Waals surface area contributed by atoms with Crippen LogP contribution in [0.15, 0.2) is 18.2 Å². The van der Waals surface area contributed by atoms with Gasteiger partial charge in [-0.25, -0.2) is 4.39 Å². The predicted molar refractivity (Wildman–Crippen MR) is 92.8 cm³/mol. The van der Waals surface area contributed by atoms with E-state index in [9.17, 15) is 9.18 Å². The number of halogens is 2. The van der Waals surface area contributed by atoms with Gasteiger partial charge in [-0.15, -0.1) is 12.4 Å². The molecule has 2 unspecified atom stereocenters. The van der Waals surface area contributed by atoms with Crippen molar-refractivity contribution in [3.8, 4) is 0 Å². The summed E-state index contributed by atoms with van der Waals surface area (Å²) in [7, 11) is 1.58. The molecule has 1 saturated carbocycles. The van der Waals surface area contributed by atoms with E-state index in [2.05, 4.69) is 5.32 Å². The van der Waals surface area contributed by atoms with E-state index in [1.165, 1.54) is 12.1 Å². The van der Waals surface area contributed by atoms with E-state index in [1.807, 2.05) is 0 Å². The van der Waals surface area contributed by atoms with Gasteiger partial charge in [0.05, 0.1) is 19.8 Å². The Morgan fingerprint density at radius 1 is 1.38 bits per heavy atom.